The Kier molecular flexibility index (Phi) is 6.52. The lowest BCUT2D eigenvalue weighted by atomic mass is 10.2. The van der Waals surface area contributed by atoms with Crippen molar-refractivity contribution in [2.24, 2.45) is 0 Å². The maximum absolute atomic E-state index is 11.8. The summed E-state index contributed by atoms with van der Waals surface area (Å²) in [7, 11) is 3.98. The van der Waals surface area contributed by atoms with E-state index in [9.17, 15) is 4.79 Å². The first-order valence-corrected chi connectivity index (χ1v) is 8.09. The highest BCUT2D eigenvalue weighted by Crippen LogP contribution is 2.20. The van der Waals surface area contributed by atoms with Gasteiger partial charge in [-0.1, -0.05) is 12.8 Å². The molecule has 0 aromatic heterocycles. The van der Waals surface area contributed by atoms with Gasteiger partial charge >= 0.3 is 6.03 Å². The molecule has 0 bridgehead atoms. The van der Waals surface area contributed by atoms with Crippen LogP contribution in [0.1, 0.15) is 32.1 Å². The molecule has 0 saturated heterocycles. The number of nitrogens with one attached hydrogen (secondary N) is 2. The van der Waals surface area contributed by atoms with E-state index in [1.807, 2.05) is 43.3 Å². The van der Waals surface area contributed by atoms with Crippen LogP contribution in [0.15, 0.2) is 24.3 Å². The first kappa shape index (κ1) is 16.6. The molecular weight excluding hydrogens is 278 g/mol. The molecule has 0 spiro atoms. The molecule has 2 N–H and O–H groups in total. The Morgan fingerprint density at radius 1 is 1.23 bits per heavy atom. The van der Waals surface area contributed by atoms with Crippen LogP contribution in [0, 0.1) is 0 Å². The third kappa shape index (κ3) is 5.56. The predicted molar refractivity (Wildman–Crippen MR) is 90.6 cm³/mol. The average molecular weight is 305 g/mol. The van der Waals surface area contributed by atoms with Crippen LogP contribution in [0.4, 0.5) is 16.2 Å². The number of hydrogen-bond acceptors (Lipinski definition) is 3. The van der Waals surface area contributed by atoms with Gasteiger partial charge in [-0.25, -0.2) is 4.79 Å². The normalized spacial score (nSPS) is 14.8. The molecule has 0 aliphatic heterocycles. The third-order valence-corrected chi connectivity index (χ3v) is 3.90. The minimum atomic E-state index is -0.168. The van der Waals surface area contributed by atoms with Gasteiger partial charge in [0.15, 0.2) is 0 Å². The maximum Gasteiger partial charge on any atom is 0.319 e. The molecule has 1 fully saturated rings. The standard InChI is InChI=1S/C17H27N3O2/c1-20(2)15-10-8-14(9-11-15)19-17(21)18-12-5-13-22-16-6-3-4-7-16/h8-11,16H,3-7,12-13H2,1-2H3,(H2,18,19,21). The fourth-order valence-corrected chi connectivity index (χ4v) is 2.60. The van der Waals surface area contributed by atoms with E-state index in [1.165, 1.54) is 25.7 Å². The van der Waals surface area contributed by atoms with Gasteiger partial charge in [0.05, 0.1) is 6.10 Å². The topological polar surface area (TPSA) is 53.6 Å². The minimum Gasteiger partial charge on any atom is -0.378 e. The van der Waals surface area contributed by atoms with Gasteiger partial charge in [0.1, 0.15) is 0 Å². The smallest absolute Gasteiger partial charge is 0.319 e. The van der Waals surface area contributed by atoms with Gasteiger partial charge < -0.3 is 20.3 Å². The zero-order valence-corrected chi connectivity index (χ0v) is 13.6. The number of amides is 2. The Hall–Kier alpha value is -1.75. The zero-order chi connectivity index (χ0) is 15.8. The summed E-state index contributed by atoms with van der Waals surface area (Å²) in [6.07, 6.45) is 6.26. The average Bonchev–Trinajstić information content (AvgIpc) is 3.00. The Labute approximate surface area is 133 Å². The van der Waals surface area contributed by atoms with Gasteiger partial charge in [-0.3, -0.25) is 0 Å². The number of carbonyl (C=O) groups is 1. The lowest BCUT2D eigenvalue weighted by Crippen LogP contribution is -2.30. The molecule has 0 heterocycles. The van der Waals surface area contributed by atoms with Gasteiger partial charge in [-0.05, 0) is 43.5 Å². The third-order valence-electron chi connectivity index (χ3n) is 3.90. The van der Waals surface area contributed by atoms with Gasteiger partial charge in [0.25, 0.3) is 0 Å². The van der Waals surface area contributed by atoms with E-state index in [1.54, 1.807) is 0 Å². The summed E-state index contributed by atoms with van der Waals surface area (Å²) in [6, 6.07) is 7.59. The van der Waals surface area contributed by atoms with Crippen molar-refractivity contribution >= 4 is 17.4 Å². The molecule has 1 aliphatic rings. The lowest BCUT2D eigenvalue weighted by molar-refractivity contribution is 0.0572. The maximum atomic E-state index is 11.8. The fourth-order valence-electron chi connectivity index (χ4n) is 2.60. The number of ether oxygens (including phenoxy) is 1. The van der Waals surface area contributed by atoms with Gasteiger partial charge in [0, 0.05) is 38.6 Å². The molecule has 0 atom stereocenters. The molecule has 5 nitrogen and oxygen atoms in total. The first-order chi connectivity index (χ1) is 10.6. The first-order valence-electron chi connectivity index (χ1n) is 8.09. The summed E-state index contributed by atoms with van der Waals surface area (Å²) in [6.45, 7) is 1.36. The molecule has 22 heavy (non-hydrogen) atoms. The Morgan fingerprint density at radius 3 is 2.55 bits per heavy atom. The minimum absolute atomic E-state index is 0.168. The highest BCUT2D eigenvalue weighted by molar-refractivity contribution is 5.89. The number of nitrogens with zero attached hydrogens (tertiary/aromatic N) is 1. The number of rotatable bonds is 7. The zero-order valence-electron chi connectivity index (χ0n) is 13.6. The molecule has 0 radical (unpaired) electrons. The second kappa shape index (κ2) is 8.63. The molecular formula is C17H27N3O2. The quantitative estimate of drug-likeness (QED) is 0.761. The van der Waals surface area contributed by atoms with Crippen molar-refractivity contribution < 1.29 is 9.53 Å². The van der Waals surface area contributed by atoms with Crippen LogP contribution in [0.3, 0.4) is 0 Å². The van der Waals surface area contributed by atoms with Crippen LogP contribution in [0.5, 0.6) is 0 Å². The van der Waals surface area contributed by atoms with Crippen molar-refractivity contribution in [3.05, 3.63) is 24.3 Å². The van der Waals surface area contributed by atoms with Crippen molar-refractivity contribution in [2.45, 2.75) is 38.2 Å². The van der Waals surface area contributed by atoms with Gasteiger partial charge in [-0.2, -0.15) is 0 Å². The molecule has 122 valence electrons. The van der Waals surface area contributed by atoms with Crippen molar-refractivity contribution in [3.8, 4) is 0 Å². The highest BCUT2D eigenvalue weighted by Gasteiger charge is 2.14. The van der Waals surface area contributed by atoms with Crippen molar-refractivity contribution in [3.63, 3.8) is 0 Å². The predicted octanol–water partition coefficient (Wildman–Crippen LogP) is 3.22. The van der Waals surface area contributed by atoms with E-state index >= 15 is 0 Å². The summed E-state index contributed by atoms with van der Waals surface area (Å²) in [5.41, 5.74) is 1.90. The molecule has 1 aromatic rings. The number of hydrogen-bond donors (Lipinski definition) is 2. The van der Waals surface area contributed by atoms with Crippen LogP contribution in [-0.2, 0) is 4.74 Å². The van der Waals surface area contributed by atoms with E-state index in [2.05, 4.69) is 10.6 Å². The second-order valence-electron chi connectivity index (χ2n) is 5.95. The van der Waals surface area contributed by atoms with Crippen LogP contribution in [-0.4, -0.2) is 39.4 Å². The monoisotopic (exact) mass is 305 g/mol. The number of carbonyl (C=O) groups excluding carboxylic acids is 1. The number of benzene rings is 1. The lowest BCUT2D eigenvalue weighted by Gasteiger charge is -2.13. The molecule has 1 aromatic carbocycles. The second-order valence-corrected chi connectivity index (χ2v) is 5.95. The van der Waals surface area contributed by atoms with E-state index in [-0.39, 0.29) is 6.03 Å². The van der Waals surface area contributed by atoms with Crippen molar-refractivity contribution in [1.29, 1.82) is 0 Å². The van der Waals surface area contributed by atoms with Crippen LogP contribution in [0.2, 0.25) is 0 Å². The molecule has 0 unspecified atom stereocenters. The van der Waals surface area contributed by atoms with E-state index < -0.39 is 0 Å². The van der Waals surface area contributed by atoms with Gasteiger partial charge in [-0.15, -0.1) is 0 Å². The van der Waals surface area contributed by atoms with Crippen LogP contribution >= 0.6 is 0 Å². The van der Waals surface area contributed by atoms with Crippen LogP contribution in [0.25, 0.3) is 0 Å². The summed E-state index contributed by atoms with van der Waals surface area (Å²) in [5, 5.41) is 5.68. The fraction of sp³-hybridized carbons (Fsp3) is 0.588. The largest absolute Gasteiger partial charge is 0.378 e. The van der Waals surface area contributed by atoms with Crippen LogP contribution < -0.4 is 15.5 Å². The Morgan fingerprint density at radius 2 is 1.91 bits per heavy atom. The number of urea groups is 1. The Balaban J connectivity index is 1.58. The highest BCUT2D eigenvalue weighted by atomic mass is 16.5. The summed E-state index contributed by atoms with van der Waals surface area (Å²) >= 11 is 0. The van der Waals surface area contributed by atoms with Crippen molar-refractivity contribution in [1.82, 2.24) is 5.32 Å². The summed E-state index contributed by atoms with van der Waals surface area (Å²) in [5.74, 6) is 0. The van der Waals surface area contributed by atoms with Crippen molar-refractivity contribution in [2.75, 3.05) is 37.5 Å². The molecule has 2 amide bonds. The van der Waals surface area contributed by atoms with E-state index in [0.29, 0.717) is 12.6 Å². The number of anilines is 2. The van der Waals surface area contributed by atoms with E-state index in [4.69, 9.17) is 4.74 Å². The van der Waals surface area contributed by atoms with E-state index in [0.717, 1.165) is 24.4 Å². The molecule has 2 rings (SSSR count). The molecule has 5 heteroatoms. The summed E-state index contributed by atoms with van der Waals surface area (Å²) < 4.78 is 5.76. The summed E-state index contributed by atoms with van der Waals surface area (Å²) in [4.78, 5) is 13.8. The Bertz CT molecular complexity index is 453. The molecule has 1 saturated carbocycles. The van der Waals surface area contributed by atoms with Gasteiger partial charge in [0.2, 0.25) is 0 Å². The molecule has 1 aliphatic carbocycles. The SMILES string of the molecule is CN(C)c1ccc(NC(=O)NCCCOC2CCCC2)cc1.